The molecule has 4 rings (SSSR count). The molecule has 190 valence electrons. The van der Waals surface area contributed by atoms with E-state index in [1.807, 2.05) is 63.0 Å². The molecule has 3 aromatic rings. The number of para-hydroxylation sites is 1. The third kappa shape index (κ3) is 6.62. The summed E-state index contributed by atoms with van der Waals surface area (Å²) in [4.78, 5) is 35.3. The van der Waals surface area contributed by atoms with Crippen LogP contribution >= 0.6 is 0 Å². The smallest absolute Gasteiger partial charge is 0.254 e. The third-order valence-corrected chi connectivity index (χ3v) is 6.78. The first-order valence-corrected chi connectivity index (χ1v) is 13.2. The highest BCUT2D eigenvalue weighted by Gasteiger charge is 2.24. The van der Waals surface area contributed by atoms with Crippen molar-refractivity contribution in [3.63, 3.8) is 0 Å². The van der Waals surface area contributed by atoms with Crippen LogP contribution in [-0.4, -0.2) is 39.4 Å². The molecule has 1 aliphatic heterocycles. The monoisotopic (exact) mass is 486 g/mol. The largest absolute Gasteiger partial charge is 0.334 e. The lowest BCUT2D eigenvalue weighted by Crippen LogP contribution is -2.36. The van der Waals surface area contributed by atoms with Crippen LogP contribution in [0.1, 0.15) is 73.9 Å². The second kappa shape index (κ2) is 12.5. The Kier molecular flexibility index (Phi) is 8.93. The van der Waals surface area contributed by atoms with Crippen molar-refractivity contribution in [3.8, 4) is 0 Å². The van der Waals surface area contributed by atoms with Gasteiger partial charge in [-0.15, -0.1) is 0 Å². The Hall–Kier alpha value is -3.41. The summed E-state index contributed by atoms with van der Waals surface area (Å²) in [6.45, 7) is 6.68. The highest BCUT2D eigenvalue weighted by Crippen LogP contribution is 2.27. The molecule has 2 aromatic carbocycles. The first-order chi connectivity index (χ1) is 17.5. The van der Waals surface area contributed by atoms with Crippen molar-refractivity contribution in [1.82, 2.24) is 14.5 Å². The van der Waals surface area contributed by atoms with E-state index >= 15 is 0 Å². The van der Waals surface area contributed by atoms with Gasteiger partial charge in [-0.3, -0.25) is 9.59 Å². The van der Waals surface area contributed by atoms with E-state index in [0.717, 1.165) is 61.0 Å². The maximum absolute atomic E-state index is 14.0. The molecule has 6 nitrogen and oxygen atoms in total. The maximum Gasteiger partial charge on any atom is 0.254 e. The van der Waals surface area contributed by atoms with E-state index in [9.17, 15) is 9.59 Å². The van der Waals surface area contributed by atoms with Crippen molar-refractivity contribution in [2.45, 2.75) is 65.5 Å². The zero-order valence-corrected chi connectivity index (χ0v) is 21.6. The van der Waals surface area contributed by atoms with Crippen LogP contribution in [0.2, 0.25) is 0 Å². The zero-order chi connectivity index (χ0) is 25.3. The van der Waals surface area contributed by atoms with Gasteiger partial charge < -0.3 is 14.4 Å². The van der Waals surface area contributed by atoms with Gasteiger partial charge in [0, 0.05) is 56.2 Å². The molecule has 0 spiro atoms. The van der Waals surface area contributed by atoms with Gasteiger partial charge in [-0.05, 0) is 42.0 Å². The Bertz CT molecular complexity index is 1140. The number of fused-ring (bicyclic) bond motifs is 1. The van der Waals surface area contributed by atoms with E-state index in [2.05, 4.69) is 24.9 Å². The number of hydrogen-bond acceptors (Lipinski definition) is 3. The highest BCUT2D eigenvalue weighted by molar-refractivity contribution is 5.96. The predicted octanol–water partition coefficient (Wildman–Crippen LogP) is 5.92. The van der Waals surface area contributed by atoms with Gasteiger partial charge in [-0.1, -0.05) is 69.5 Å². The van der Waals surface area contributed by atoms with Crippen LogP contribution in [0.5, 0.6) is 0 Å². The minimum atomic E-state index is 0.0395. The van der Waals surface area contributed by atoms with Crippen molar-refractivity contribution >= 4 is 17.5 Å². The lowest BCUT2D eigenvalue weighted by atomic mass is 10.0. The molecular formula is C30H38N4O2. The number of rotatable bonds is 5. The Morgan fingerprint density at radius 1 is 0.917 bits per heavy atom. The number of amides is 2. The Morgan fingerprint density at radius 3 is 2.42 bits per heavy atom. The molecule has 2 heterocycles. The number of aromatic nitrogens is 2. The molecule has 0 saturated carbocycles. The summed E-state index contributed by atoms with van der Waals surface area (Å²) in [5.74, 6) is 0.506. The summed E-state index contributed by atoms with van der Waals surface area (Å²) in [5.41, 5.74) is 3.67. The number of carbonyl (C=O) groups is 2. The molecule has 0 atom stereocenters. The number of benzene rings is 2. The summed E-state index contributed by atoms with van der Waals surface area (Å²) in [7, 11) is 0. The minimum Gasteiger partial charge on any atom is -0.334 e. The fraction of sp³-hybridized carbons (Fsp3) is 0.433. The first kappa shape index (κ1) is 25.7. The van der Waals surface area contributed by atoms with Crippen LogP contribution in [-0.2, 0) is 17.9 Å². The fourth-order valence-corrected chi connectivity index (χ4v) is 4.92. The number of nitrogens with zero attached hydrogens (tertiary/aromatic N) is 4. The number of imidazole rings is 1. The highest BCUT2D eigenvalue weighted by atomic mass is 16.2. The fourth-order valence-electron chi connectivity index (χ4n) is 4.92. The Labute approximate surface area is 214 Å². The summed E-state index contributed by atoms with van der Waals surface area (Å²) in [5, 5.41) is 0. The normalized spacial score (nSPS) is 15.2. The summed E-state index contributed by atoms with van der Waals surface area (Å²) in [6, 6.07) is 16.0. The molecule has 0 aliphatic carbocycles. The summed E-state index contributed by atoms with van der Waals surface area (Å²) in [6.07, 6.45) is 11.2. The Morgan fingerprint density at radius 2 is 1.64 bits per heavy atom. The second-order valence-electron chi connectivity index (χ2n) is 10.2. The quantitative estimate of drug-likeness (QED) is 0.450. The first-order valence-electron chi connectivity index (χ1n) is 13.2. The molecule has 6 heteroatoms. The van der Waals surface area contributed by atoms with Gasteiger partial charge >= 0.3 is 0 Å². The average Bonchev–Trinajstić information content (AvgIpc) is 3.37. The van der Waals surface area contributed by atoms with Gasteiger partial charge in [-0.2, -0.15) is 0 Å². The van der Waals surface area contributed by atoms with Crippen LogP contribution in [0.25, 0.3) is 0 Å². The van der Waals surface area contributed by atoms with Gasteiger partial charge in [0.15, 0.2) is 0 Å². The predicted molar refractivity (Wildman–Crippen MR) is 144 cm³/mol. The number of hydrogen-bond donors (Lipinski definition) is 0. The molecular weight excluding hydrogens is 448 g/mol. The van der Waals surface area contributed by atoms with Gasteiger partial charge in [-0.25, -0.2) is 4.98 Å². The molecule has 36 heavy (non-hydrogen) atoms. The summed E-state index contributed by atoms with van der Waals surface area (Å²) >= 11 is 0. The van der Waals surface area contributed by atoms with Gasteiger partial charge in [0.05, 0.1) is 6.33 Å². The molecule has 0 bridgehead atoms. The van der Waals surface area contributed by atoms with Crippen molar-refractivity contribution in [2.24, 2.45) is 5.92 Å². The van der Waals surface area contributed by atoms with Crippen molar-refractivity contribution < 1.29 is 9.59 Å². The molecule has 0 N–H and O–H groups in total. The molecule has 2 amide bonds. The van der Waals surface area contributed by atoms with E-state index < -0.39 is 0 Å². The molecule has 0 unspecified atom stereocenters. The zero-order valence-electron chi connectivity index (χ0n) is 21.6. The van der Waals surface area contributed by atoms with Gasteiger partial charge in [0.2, 0.25) is 5.91 Å². The maximum atomic E-state index is 14.0. The third-order valence-electron chi connectivity index (χ3n) is 6.78. The van der Waals surface area contributed by atoms with Crippen molar-refractivity contribution in [1.29, 1.82) is 0 Å². The SMILES string of the molecule is CC(C)CC(=O)N1CCCCCCCN(C(=O)c2ccccc2Cn2ccnc2)Cc2ccccc21. The van der Waals surface area contributed by atoms with Crippen LogP contribution in [0.4, 0.5) is 5.69 Å². The lowest BCUT2D eigenvalue weighted by molar-refractivity contribution is -0.119. The van der Waals surface area contributed by atoms with E-state index in [1.54, 1.807) is 12.5 Å². The lowest BCUT2D eigenvalue weighted by Gasteiger charge is -2.30. The second-order valence-corrected chi connectivity index (χ2v) is 10.2. The molecule has 0 saturated heterocycles. The van der Waals surface area contributed by atoms with Crippen molar-refractivity contribution in [3.05, 3.63) is 83.9 Å². The number of carbonyl (C=O) groups excluding carboxylic acids is 2. The van der Waals surface area contributed by atoms with Crippen LogP contribution in [0.3, 0.4) is 0 Å². The van der Waals surface area contributed by atoms with Gasteiger partial charge in [0.1, 0.15) is 0 Å². The topological polar surface area (TPSA) is 58.4 Å². The van der Waals surface area contributed by atoms with Crippen LogP contribution in [0, 0.1) is 5.92 Å². The standard InChI is InChI=1S/C30H38N4O2/c1-24(2)20-29(35)34-18-11-5-3-4-10-17-33(22-26-13-7-9-15-28(26)34)30(36)27-14-8-6-12-25(27)21-32-19-16-31-23-32/h6-9,12-16,19,23-24H,3-5,10-11,17-18,20-22H2,1-2H3. The van der Waals surface area contributed by atoms with Crippen molar-refractivity contribution in [2.75, 3.05) is 18.0 Å². The van der Waals surface area contributed by atoms with E-state index in [0.29, 0.717) is 32.0 Å². The molecule has 0 radical (unpaired) electrons. The van der Waals surface area contributed by atoms with E-state index in [1.165, 1.54) is 0 Å². The summed E-state index contributed by atoms with van der Waals surface area (Å²) < 4.78 is 1.98. The minimum absolute atomic E-state index is 0.0395. The molecule has 0 fully saturated rings. The van der Waals surface area contributed by atoms with E-state index in [4.69, 9.17) is 0 Å². The molecule has 1 aromatic heterocycles. The average molecular weight is 487 g/mol. The molecule has 1 aliphatic rings. The van der Waals surface area contributed by atoms with Crippen LogP contribution in [0.15, 0.2) is 67.3 Å². The van der Waals surface area contributed by atoms with Crippen LogP contribution < -0.4 is 4.90 Å². The Balaban J connectivity index is 1.65. The van der Waals surface area contributed by atoms with Gasteiger partial charge in [0.25, 0.3) is 5.91 Å². The van der Waals surface area contributed by atoms with E-state index in [-0.39, 0.29) is 11.8 Å². The number of anilines is 1.